The minimum atomic E-state index is -0.252. The molecule has 0 aliphatic rings. The average Bonchev–Trinajstić information content (AvgIpc) is 2.83. The van der Waals surface area contributed by atoms with Gasteiger partial charge in [-0.2, -0.15) is 0 Å². The number of carbonyl (C=O) groups is 1. The van der Waals surface area contributed by atoms with E-state index in [4.69, 9.17) is 0 Å². The molecule has 0 fully saturated rings. The van der Waals surface area contributed by atoms with Crippen molar-refractivity contribution in [3.8, 4) is 0 Å². The molecule has 1 rings (SSSR count). The smallest absolute Gasteiger partial charge is 0.233 e. The van der Waals surface area contributed by atoms with Gasteiger partial charge in [0, 0.05) is 19.1 Å². The lowest BCUT2D eigenvalue weighted by molar-refractivity contribution is -0.120. The number of aromatic nitrogens is 4. The lowest BCUT2D eigenvalue weighted by Crippen LogP contribution is -2.31. The van der Waals surface area contributed by atoms with Crippen molar-refractivity contribution in [3.05, 3.63) is 12.7 Å². The Morgan fingerprint density at radius 1 is 1.50 bits per heavy atom. The predicted octanol–water partition coefficient (Wildman–Crippen LogP) is 0.454. The zero-order valence-electron chi connectivity index (χ0n) is 12.2. The van der Waals surface area contributed by atoms with Gasteiger partial charge in [-0.25, -0.2) is 4.68 Å². The summed E-state index contributed by atoms with van der Waals surface area (Å²) >= 11 is 1.35. The maximum atomic E-state index is 11.8. The number of rotatable bonds is 9. The number of tetrazole rings is 1. The summed E-state index contributed by atoms with van der Waals surface area (Å²) in [6, 6.07) is 0.422. The van der Waals surface area contributed by atoms with Crippen LogP contribution in [0.3, 0.4) is 0 Å². The number of thioether (sulfide) groups is 1. The number of carbonyl (C=O) groups excluding carboxylic acids is 1. The van der Waals surface area contributed by atoms with E-state index in [9.17, 15) is 4.79 Å². The van der Waals surface area contributed by atoms with E-state index in [-0.39, 0.29) is 11.2 Å². The fourth-order valence-corrected chi connectivity index (χ4v) is 2.25. The van der Waals surface area contributed by atoms with Gasteiger partial charge in [0.1, 0.15) is 0 Å². The van der Waals surface area contributed by atoms with Gasteiger partial charge in [-0.1, -0.05) is 31.7 Å². The first-order chi connectivity index (χ1) is 9.54. The van der Waals surface area contributed by atoms with E-state index in [1.54, 1.807) is 10.8 Å². The van der Waals surface area contributed by atoms with Gasteiger partial charge in [-0.15, -0.1) is 11.7 Å². The standard InChI is InChI=1S/C12H22N6OS/c1-5-6-14-11(19)10(4)20-12-15-16-17-18(12)8-7-13-9(2)3/h5,9-10,13H,1,6-8H2,2-4H3,(H,14,19). The Hall–Kier alpha value is -1.41. The fraction of sp³-hybridized carbons (Fsp3) is 0.667. The van der Waals surface area contributed by atoms with Crippen molar-refractivity contribution in [2.75, 3.05) is 13.1 Å². The van der Waals surface area contributed by atoms with Crippen LogP contribution >= 0.6 is 11.8 Å². The van der Waals surface area contributed by atoms with Gasteiger partial charge < -0.3 is 10.6 Å². The Bertz CT molecular complexity index is 433. The largest absolute Gasteiger partial charge is 0.352 e. The minimum absolute atomic E-state index is 0.0512. The Labute approximate surface area is 123 Å². The van der Waals surface area contributed by atoms with Crippen molar-refractivity contribution >= 4 is 17.7 Å². The minimum Gasteiger partial charge on any atom is -0.352 e. The molecule has 0 bridgehead atoms. The molecular weight excluding hydrogens is 276 g/mol. The van der Waals surface area contributed by atoms with Crippen LogP contribution in [0.4, 0.5) is 0 Å². The lowest BCUT2D eigenvalue weighted by atomic mass is 10.4. The maximum Gasteiger partial charge on any atom is 0.233 e. The highest BCUT2D eigenvalue weighted by molar-refractivity contribution is 8.00. The molecule has 7 nitrogen and oxygen atoms in total. The maximum absolute atomic E-state index is 11.8. The number of amides is 1. The summed E-state index contributed by atoms with van der Waals surface area (Å²) in [5.41, 5.74) is 0. The summed E-state index contributed by atoms with van der Waals surface area (Å²) < 4.78 is 1.71. The van der Waals surface area contributed by atoms with Crippen molar-refractivity contribution in [1.82, 2.24) is 30.8 Å². The Morgan fingerprint density at radius 2 is 2.25 bits per heavy atom. The van der Waals surface area contributed by atoms with E-state index < -0.39 is 0 Å². The van der Waals surface area contributed by atoms with Crippen molar-refractivity contribution in [2.24, 2.45) is 0 Å². The zero-order chi connectivity index (χ0) is 15.0. The average molecular weight is 298 g/mol. The second-order valence-corrected chi connectivity index (χ2v) is 5.90. The quantitative estimate of drug-likeness (QED) is 0.509. The summed E-state index contributed by atoms with van der Waals surface area (Å²) in [6.45, 7) is 11.5. The highest BCUT2D eigenvalue weighted by Crippen LogP contribution is 2.19. The first-order valence-electron chi connectivity index (χ1n) is 6.59. The van der Waals surface area contributed by atoms with Crippen LogP contribution in [0.15, 0.2) is 17.8 Å². The van der Waals surface area contributed by atoms with Crippen molar-refractivity contribution < 1.29 is 4.79 Å². The monoisotopic (exact) mass is 298 g/mol. The molecule has 1 heterocycles. The molecule has 0 aliphatic heterocycles. The van der Waals surface area contributed by atoms with Crippen LogP contribution in [0.25, 0.3) is 0 Å². The fourth-order valence-electron chi connectivity index (χ4n) is 1.41. The van der Waals surface area contributed by atoms with E-state index in [2.05, 4.69) is 46.6 Å². The van der Waals surface area contributed by atoms with E-state index >= 15 is 0 Å². The number of nitrogens with one attached hydrogen (secondary N) is 2. The first-order valence-corrected chi connectivity index (χ1v) is 7.47. The number of hydrogen-bond acceptors (Lipinski definition) is 6. The molecule has 1 unspecified atom stereocenters. The van der Waals surface area contributed by atoms with Gasteiger partial charge in [-0.05, 0) is 17.4 Å². The van der Waals surface area contributed by atoms with Crippen molar-refractivity contribution in [2.45, 2.75) is 43.8 Å². The molecular formula is C12H22N6OS. The second-order valence-electron chi connectivity index (χ2n) is 4.59. The van der Waals surface area contributed by atoms with Gasteiger partial charge in [-0.3, -0.25) is 4.79 Å². The van der Waals surface area contributed by atoms with Crippen LogP contribution in [0, 0.1) is 0 Å². The topological polar surface area (TPSA) is 84.7 Å². The molecule has 0 aliphatic carbocycles. The van der Waals surface area contributed by atoms with E-state index in [1.165, 1.54) is 11.8 Å². The van der Waals surface area contributed by atoms with Crippen molar-refractivity contribution in [1.29, 1.82) is 0 Å². The van der Waals surface area contributed by atoms with Crippen molar-refractivity contribution in [3.63, 3.8) is 0 Å². The second kappa shape index (κ2) is 8.70. The van der Waals surface area contributed by atoms with Gasteiger partial charge in [0.15, 0.2) is 0 Å². The molecule has 1 atom stereocenters. The van der Waals surface area contributed by atoms with Crippen LogP contribution in [0.5, 0.6) is 0 Å². The molecule has 0 saturated carbocycles. The summed E-state index contributed by atoms with van der Waals surface area (Å²) in [7, 11) is 0. The summed E-state index contributed by atoms with van der Waals surface area (Å²) in [5.74, 6) is -0.0512. The molecule has 1 aromatic rings. The molecule has 1 amide bonds. The predicted molar refractivity (Wildman–Crippen MR) is 79.5 cm³/mol. The third kappa shape index (κ3) is 5.70. The third-order valence-corrected chi connectivity index (χ3v) is 3.52. The van der Waals surface area contributed by atoms with Crippen LogP contribution < -0.4 is 10.6 Å². The Morgan fingerprint density at radius 3 is 2.90 bits per heavy atom. The van der Waals surface area contributed by atoms with E-state index in [0.717, 1.165) is 6.54 Å². The normalized spacial score (nSPS) is 12.4. The molecule has 0 spiro atoms. The van der Waals surface area contributed by atoms with Crippen LogP contribution in [0.1, 0.15) is 20.8 Å². The third-order valence-electron chi connectivity index (χ3n) is 2.45. The summed E-state index contributed by atoms with van der Waals surface area (Å²) in [4.78, 5) is 11.8. The van der Waals surface area contributed by atoms with Gasteiger partial charge in [0.2, 0.25) is 11.1 Å². The molecule has 0 aromatic carbocycles. The van der Waals surface area contributed by atoms with Crippen LogP contribution in [0.2, 0.25) is 0 Å². The van der Waals surface area contributed by atoms with Crippen LogP contribution in [-0.2, 0) is 11.3 Å². The molecule has 8 heteroatoms. The molecule has 0 radical (unpaired) electrons. The Balaban J connectivity index is 2.49. The molecule has 1 aromatic heterocycles. The number of hydrogen-bond donors (Lipinski definition) is 2. The highest BCUT2D eigenvalue weighted by atomic mass is 32.2. The zero-order valence-corrected chi connectivity index (χ0v) is 13.0. The Kier molecular flexibility index (Phi) is 7.24. The SMILES string of the molecule is C=CCNC(=O)C(C)Sc1nnnn1CCNC(C)C. The molecule has 112 valence electrons. The molecule has 0 saturated heterocycles. The summed E-state index contributed by atoms with van der Waals surface area (Å²) in [5, 5.41) is 18.0. The highest BCUT2D eigenvalue weighted by Gasteiger charge is 2.17. The number of nitrogens with zero attached hydrogens (tertiary/aromatic N) is 4. The first kappa shape index (κ1) is 16.6. The van der Waals surface area contributed by atoms with Gasteiger partial charge in [0.05, 0.1) is 11.8 Å². The van der Waals surface area contributed by atoms with Gasteiger partial charge >= 0.3 is 0 Å². The van der Waals surface area contributed by atoms with Crippen LogP contribution in [-0.4, -0.2) is 50.5 Å². The lowest BCUT2D eigenvalue weighted by Gasteiger charge is -2.11. The van der Waals surface area contributed by atoms with Gasteiger partial charge in [0.25, 0.3) is 0 Å². The molecule has 2 N–H and O–H groups in total. The van der Waals surface area contributed by atoms with E-state index in [0.29, 0.717) is 24.3 Å². The van der Waals surface area contributed by atoms with E-state index in [1.807, 2.05) is 6.92 Å². The summed E-state index contributed by atoms with van der Waals surface area (Å²) in [6.07, 6.45) is 1.65. The molecule has 20 heavy (non-hydrogen) atoms.